The molecule has 0 radical (unpaired) electrons. The van der Waals surface area contributed by atoms with Gasteiger partial charge in [0.1, 0.15) is 17.0 Å². The highest BCUT2D eigenvalue weighted by Crippen LogP contribution is 2.15. The van der Waals surface area contributed by atoms with E-state index in [1.54, 1.807) is 13.2 Å². The van der Waals surface area contributed by atoms with Crippen molar-refractivity contribution in [1.82, 2.24) is 9.88 Å². The van der Waals surface area contributed by atoms with Crippen molar-refractivity contribution >= 4 is 46.5 Å². The van der Waals surface area contributed by atoms with Crippen molar-refractivity contribution < 1.29 is 14.3 Å². The second kappa shape index (κ2) is 10.1. The number of thiazole rings is 1. The summed E-state index contributed by atoms with van der Waals surface area (Å²) in [5.74, 6) is 0.330. The lowest BCUT2D eigenvalue weighted by atomic mass is 9.91. The first-order valence-electron chi connectivity index (χ1n) is 10.1. The number of rotatable bonds is 7. The van der Waals surface area contributed by atoms with Gasteiger partial charge >= 0.3 is 0 Å². The van der Waals surface area contributed by atoms with E-state index in [4.69, 9.17) is 4.74 Å². The molecule has 0 spiro atoms. The number of hydrogen-bond donors (Lipinski definition) is 1. The van der Waals surface area contributed by atoms with Crippen LogP contribution in [0, 0.1) is 5.41 Å². The van der Waals surface area contributed by atoms with Crippen molar-refractivity contribution in [2.75, 3.05) is 7.11 Å². The molecule has 0 aliphatic carbocycles. The number of Topliss-reactive ketones (excluding diaryl/α,β-unsaturated/α-hetero) is 1. The molecule has 0 bridgehead atoms. The number of hydrogen-bond acceptors (Lipinski definition) is 6. The van der Waals surface area contributed by atoms with E-state index < -0.39 is 5.41 Å². The van der Waals surface area contributed by atoms with Crippen molar-refractivity contribution in [3.63, 3.8) is 0 Å². The summed E-state index contributed by atoms with van der Waals surface area (Å²) >= 11 is 2.76. The molecule has 0 aliphatic rings. The smallest absolute Gasteiger partial charge is 0.269 e. The van der Waals surface area contributed by atoms with Crippen LogP contribution >= 0.6 is 22.7 Å². The number of ether oxygens (including phenoxy) is 1. The van der Waals surface area contributed by atoms with E-state index in [0.29, 0.717) is 15.7 Å². The zero-order valence-electron chi connectivity index (χ0n) is 18.5. The average Bonchev–Trinajstić information content (AvgIpc) is 3.36. The molecule has 0 aliphatic heterocycles. The molecule has 3 rings (SSSR count). The van der Waals surface area contributed by atoms with Crippen molar-refractivity contribution in [2.45, 2.75) is 33.9 Å². The number of methoxy groups -OCH3 is 1. The van der Waals surface area contributed by atoms with E-state index in [9.17, 15) is 14.4 Å². The molecule has 0 atom stereocenters. The van der Waals surface area contributed by atoms with Crippen molar-refractivity contribution in [3.8, 4) is 5.75 Å². The number of carbonyl (C=O) groups is 2. The monoisotopic (exact) mass is 470 g/mol. The number of benzene rings is 1. The van der Waals surface area contributed by atoms with E-state index in [1.165, 1.54) is 33.3 Å². The third kappa shape index (κ3) is 6.05. The fraction of sp³-hybridized carbons (Fsp3) is 0.292. The van der Waals surface area contributed by atoms with Gasteiger partial charge in [0.15, 0.2) is 5.78 Å². The maximum atomic E-state index is 13.0. The predicted molar refractivity (Wildman–Crippen MR) is 129 cm³/mol. The first-order chi connectivity index (χ1) is 15.2. The second-order valence-corrected chi connectivity index (χ2v) is 10.1. The van der Waals surface area contributed by atoms with Crippen LogP contribution in [0.25, 0.3) is 12.2 Å². The molecule has 2 aromatic heterocycles. The number of thiophene rings is 1. The van der Waals surface area contributed by atoms with Gasteiger partial charge in [0.2, 0.25) is 5.91 Å². The maximum Gasteiger partial charge on any atom is 0.269 e. The van der Waals surface area contributed by atoms with Gasteiger partial charge in [-0.15, -0.1) is 11.3 Å². The summed E-state index contributed by atoms with van der Waals surface area (Å²) in [6.07, 6.45) is 3.25. The van der Waals surface area contributed by atoms with Gasteiger partial charge in [-0.05, 0) is 46.2 Å². The quantitative estimate of drug-likeness (QED) is 0.576. The standard InChI is InChI=1S/C24H26N2O4S2/c1-24(2,3)20(27)12-22-26(23(29)19(32-22)11-17-9-10-31-15-17)14-21(28)25-13-16-5-7-18(30-4)8-6-16/h5-12,15H,13-14H2,1-4H3,(H,25,28). The van der Waals surface area contributed by atoms with Gasteiger partial charge in [0.25, 0.3) is 5.56 Å². The van der Waals surface area contributed by atoms with Crippen LogP contribution in [-0.2, 0) is 22.7 Å². The van der Waals surface area contributed by atoms with Crippen molar-refractivity contribution in [2.24, 2.45) is 5.41 Å². The van der Waals surface area contributed by atoms with E-state index >= 15 is 0 Å². The molecule has 8 heteroatoms. The van der Waals surface area contributed by atoms with Crippen LogP contribution in [0.3, 0.4) is 0 Å². The minimum Gasteiger partial charge on any atom is -0.497 e. The normalized spacial score (nSPS) is 12.8. The molecule has 0 fully saturated rings. The molecule has 168 valence electrons. The van der Waals surface area contributed by atoms with Crippen LogP contribution in [0.4, 0.5) is 0 Å². The Balaban J connectivity index is 1.88. The first kappa shape index (κ1) is 23.7. The molecular weight excluding hydrogens is 444 g/mol. The lowest BCUT2D eigenvalue weighted by Gasteiger charge is -2.13. The highest BCUT2D eigenvalue weighted by molar-refractivity contribution is 7.08. The molecule has 2 heterocycles. The van der Waals surface area contributed by atoms with Gasteiger partial charge in [-0.2, -0.15) is 11.3 Å². The Morgan fingerprint density at radius 3 is 2.47 bits per heavy atom. The highest BCUT2D eigenvalue weighted by atomic mass is 32.1. The molecule has 1 aromatic carbocycles. The van der Waals surface area contributed by atoms with Gasteiger partial charge in [0, 0.05) is 18.0 Å². The minimum absolute atomic E-state index is 0.103. The van der Waals surface area contributed by atoms with Crippen LogP contribution in [0.1, 0.15) is 31.9 Å². The fourth-order valence-corrected chi connectivity index (χ4v) is 4.43. The lowest BCUT2D eigenvalue weighted by Crippen LogP contribution is -2.38. The summed E-state index contributed by atoms with van der Waals surface area (Å²) in [5.41, 5.74) is 0.962. The Kier molecular flexibility index (Phi) is 7.48. The number of aromatic nitrogens is 1. The number of carbonyl (C=O) groups excluding carboxylic acids is 2. The largest absolute Gasteiger partial charge is 0.497 e. The summed E-state index contributed by atoms with van der Waals surface area (Å²) in [7, 11) is 1.60. The van der Waals surface area contributed by atoms with E-state index in [2.05, 4.69) is 5.32 Å². The van der Waals surface area contributed by atoms with E-state index in [0.717, 1.165) is 16.9 Å². The third-order valence-corrected chi connectivity index (χ3v) is 6.48. The number of nitrogens with one attached hydrogen (secondary N) is 1. The second-order valence-electron chi connectivity index (χ2n) is 8.28. The van der Waals surface area contributed by atoms with Crippen LogP contribution in [-0.4, -0.2) is 23.4 Å². The Morgan fingerprint density at radius 2 is 1.88 bits per heavy atom. The molecule has 32 heavy (non-hydrogen) atoms. The van der Waals surface area contributed by atoms with Crippen molar-refractivity contribution in [1.29, 1.82) is 0 Å². The first-order valence-corrected chi connectivity index (χ1v) is 11.8. The Bertz CT molecular complexity index is 1260. The number of ketones is 1. The average molecular weight is 471 g/mol. The molecule has 0 unspecified atom stereocenters. The topological polar surface area (TPSA) is 77.4 Å². The van der Waals surface area contributed by atoms with Crippen LogP contribution in [0.5, 0.6) is 5.75 Å². The molecule has 1 amide bonds. The fourth-order valence-electron chi connectivity index (χ4n) is 2.77. The lowest BCUT2D eigenvalue weighted by molar-refractivity contribution is -0.122. The van der Waals surface area contributed by atoms with Gasteiger partial charge in [-0.3, -0.25) is 19.0 Å². The van der Waals surface area contributed by atoms with Gasteiger partial charge in [-0.1, -0.05) is 32.9 Å². The SMILES string of the molecule is COc1ccc(CNC(=O)Cn2c(=CC(=O)C(C)(C)C)sc(=Cc3ccsc3)c2=O)cc1. The zero-order valence-corrected chi connectivity index (χ0v) is 20.1. The molecule has 0 saturated carbocycles. The van der Waals surface area contributed by atoms with Crippen LogP contribution < -0.4 is 24.8 Å². The van der Waals surface area contributed by atoms with Crippen molar-refractivity contribution in [3.05, 3.63) is 71.8 Å². The Morgan fingerprint density at radius 1 is 1.16 bits per heavy atom. The predicted octanol–water partition coefficient (Wildman–Crippen LogP) is 2.52. The van der Waals surface area contributed by atoms with Gasteiger partial charge < -0.3 is 10.1 Å². The molecular formula is C24H26N2O4S2. The molecule has 1 N–H and O–H groups in total. The third-order valence-electron chi connectivity index (χ3n) is 4.72. The summed E-state index contributed by atoms with van der Waals surface area (Å²) in [5, 5.41) is 6.71. The molecule has 3 aromatic rings. The number of nitrogens with zero attached hydrogens (tertiary/aromatic N) is 1. The Labute approximate surface area is 194 Å². The number of amides is 1. The van der Waals surface area contributed by atoms with E-state index in [1.807, 2.05) is 61.9 Å². The molecule has 6 nitrogen and oxygen atoms in total. The van der Waals surface area contributed by atoms with Gasteiger partial charge in [0.05, 0.1) is 11.6 Å². The summed E-state index contributed by atoms with van der Waals surface area (Å²) in [4.78, 5) is 38.3. The molecule has 0 saturated heterocycles. The van der Waals surface area contributed by atoms with Crippen LogP contribution in [0.15, 0.2) is 45.9 Å². The van der Waals surface area contributed by atoms with E-state index in [-0.39, 0.29) is 23.8 Å². The summed E-state index contributed by atoms with van der Waals surface area (Å²) in [6.45, 7) is 5.63. The highest BCUT2D eigenvalue weighted by Gasteiger charge is 2.20. The van der Waals surface area contributed by atoms with Crippen LogP contribution in [0.2, 0.25) is 0 Å². The summed E-state index contributed by atoms with van der Waals surface area (Å²) < 4.78 is 7.46. The van der Waals surface area contributed by atoms with Gasteiger partial charge in [-0.25, -0.2) is 0 Å². The Hall–Kier alpha value is -2.97. The summed E-state index contributed by atoms with van der Waals surface area (Å²) in [6, 6.07) is 9.29. The maximum absolute atomic E-state index is 13.0. The minimum atomic E-state index is -0.585. The zero-order chi connectivity index (χ0) is 23.3.